The van der Waals surface area contributed by atoms with Crippen molar-refractivity contribution in [3.8, 4) is 11.1 Å². The zero-order valence-corrected chi connectivity index (χ0v) is 13.6. The van der Waals surface area contributed by atoms with Crippen molar-refractivity contribution in [2.75, 3.05) is 5.32 Å². The standard InChI is InChI=1S/C20H19NO4/c22-19(17-15-10-11-16(25-15)18(17)20(23)24)21-14-9-5-4-8-13(14)12-6-2-1-3-7-12/h1-9,15-18H,10-11H2,(H,21,22)(H,23,24)/t15-,16-,17+,18-/m0/s1. The van der Waals surface area contributed by atoms with Gasteiger partial charge in [0.1, 0.15) is 0 Å². The average molecular weight is 337 g/mol. The van der Waals surface area contributed by atoms with Crippen molar-refractivity contribution in [3.05, 3.63) is 54.6 Å². The molecule has 0 aromatic heterocycles. The lowest BCUT2D eigenvalue weighted by molar-refractivity contribution is -0.147. The van der Waals surface area contributed by atoms with Crippen molar-refractivity contribution in [2.24, 2.45) is 11.8 Å². The summed E-state index contributed by atoms with van der Waals surface area (Å²) in [5.41, 5.74) is 2.59. The Balaban J connectivity index is 1.61. The molecule has 128 valence electrons. The van der Waals surface area contributed by atoms with Crippen LogP contribution in [0.5, 0.6) is 0 Å². The zero-order chi connectivity index (χ0) is 17.4. The molecule has 0 saturated carbocycles. The molecule has 2 bridgehead atoms. The van der Waals surface area contributed by atoms with Crippen LogP contribution >= 0.6 is 0 Å². The molecule has 0 radical (unpaired) electrons. The highest BCUT2D eigenvalue weighted by molar-refractivity contribution is 5.99. The van der Waals surface area contributed by atoms with Crippen molar-refractivity contribution >= 4 is 17.6 Å². The topological polar surface area (TPSA) is 75.6 Å². The van der Waals surface area contributed by atoms with Crippen LogP contribution in [0.25, 0.3) is 11.1 Å². The summed E-state index contributed by atoms with van der Waals surface area (Å²) in [6, 6.07) is 17.3. The number of benzene rings is 2. The van der Waals surface area contributed by atoms with Crippen LogP contribution in [0, 0.1) is 11.8 Å². The quantitative estimate of drug-likeness (QED) is 0.898. The van der Waals surface area contributed by atoms with Crippen LogP contribution in [0.4, 0.5) is 5.69 Å². The van der Waals surface area contributed by atoms with Crippen LogP contribution in [0.1, 0.15) is 12.8 Å². The number of rotatable bonds is 4. The van der Waals surface area contributed by atoms with Gasteiger partial charge in [0.15, 0.2) is 0 Å². The monoisotopic (exact) mass is 337 g/mol. The van der Waals surface area contributed by atoms with E-state index in [2.05, 4.69) is 5.32 Å². The first-order chi connectivity index (χ1) is 12.1. The molecule has 4 rings (SSSR count). The number of carboxylic acid groups (broad SMARTS) is 1. The molecule has 2 fully saturated rings. The maximum atomic E-state index is 12.8. The van der Waals surface area contributed by atoms with Crippen molar-refractivity contribution in [1.82, 2.24) is 0 Å². The van der Waals surface area contributed by atoms with E-state index in [0.29, 0.717) is 12.1 Å². The van der Waals surface area contributed by atoms with Gasteiger partial charge in [0.2, 0.25) is 5.91 Å². The van der Waals surface area contributed by atoms with Crippen LogP contribution < -0.4 is 5.32 Å². The van der Waals surface area contributed by atoms with Gasteiger partial charge in [-0.25, -0.2) is 0 Å². The lowest BCUT2D eigenvalue weighted by Crippen LogP contribution is -2.41. The number of hydrogen-bond donors (Lipinski definition) is 2. The molecule has 5 heteroatoms. The first-order valence-electron chi connectivity index (χ1n) is 8.49. The summed E-state index contributed by atoms with van der Waals surface area (Å²) >= 11 is 0. The Morgan fingerprint density at radius 2 is 1.56 bits per heavy atom. The van der Waals surface area contributed by atoms with E-state index in [1.807, 2.05) is 54.6 Å². The Morgan fingerprint density at radius 1 is 0.920 bits per heavy atom. The summed E-state index contributed by atoms with van der Waals surface area (Å²) in [4.78, 5) is 24.4. The third-order valence-electron chi connectivity index (χ3n) is 5.13. The third kappa shape index (κ3) is 2.81. The SMILES string of the molecule is O=C(O)[C@@H]1[C@H](C(=O)Nc2ccccc2-c2ccccc2)[C@@H]2CC[C@@H]1O2. The second kappa shape index (κ2) is 6.33. The molecule has 2 saturated heterocycles. The van der Waals surface area contributed by atoms with Gasteiger partial charge in [0.05, 0.1) is 24.0 Å². The van der Waals surface area contributed by atoms with Crippen molar-refractivity contribution in [1.29, 1.82) is 0 Å². The van der Waals surface area contributed by atoms with E-state index < -0.39 is 17.8 Å². The predicted octanol–water partition coefficient (Wildman–Crippen LogP) is 3.17. The third-order valence-corrected chi connectivity index (χ3v) is 5.13. The van der Waals surface area contributed by atoms with Crippen LogP contribution in [-0.2, 0) is 14.3 Å². The number of ether oxygens (including phenoxy) is 1. The van der Waals surface area contributed by atoms with Crippen molar-refractivity contribution in [3.63, 3.8) is 0 Å². The minimum absolute atomic E-state index is 0.275. The number of fused-ring (bicyclic) bond motifs is 2. The molecule has 2 N–H and O–H groups in total. The van der Waals surface area contributed by atoms with Gasteiger partial charge < -0.3 is 15.2 Å². The highest BCUT2D eigenvalue weighted by Gasteiger charge is 2.55. The first kappa shape index (κ1) is 15.8. The van der Waals surface area contributed by atoms with Gasteiger partial charge in [-0.15, -0.1) is 0 Å². The van der Waals surface area contributed by atoms with Crippen LogP contribution in [0.2, 0.25) is 0 Å². The molecule has 2 aromatic rings. The fourth-order valence-corrected chi connectivity index (χ4v) is 4.00. The molecule has 1 amide bonds. The van der Waals surface area contributed by atoms with Gasteiger partial charge in [-0.2, -0.15) is 0 Å². The molecule has 0 spiro atoms. The number of aliphatic carboxylic acids is 1. The summed E-state index contributed by atoms with van der Waals surface area (Å²) in [6.45, 7) is 0. The molecular formula is C20H19NO4. The number of carbonyl (C=O) groups excluding carboxylic acids is 1. The summed E-state index contributed by atoms with van der Waals surface area (Å²) < 4.78 is 5.69. The molecule has 0 aliphatic carbocycles. The second-order valence-corrected chi connectivity index (χ2v) is 6.58. The number of carboxylic acids is 1. The molecule has 2 aliphatic rings. The molecule has 25 heavy (non-hydrogen) atoms. The molecule has 4 atom stereocenters. The van der Waals surface area contributed by atoms with E-state index in [0.717, 1.165) is 17.5 Å². The van der Waals surface area contributed by atoms with E-state index >= 15 is 0 Å². The second-order valence-electron chi connectivity index (χ2n) is 6.58. The number of amides is 1. The van der Waals surface area contributed by atoms with Crippen LogP contribution in [-0.4, -0.2) is 29.2 Å². The Kier molecular flexibility index (Phi) is 4.01. The summed E-state index contributed by atoms with van der Waals surface area (Å²) in [5.74, 6) is -2.63. The van der Waals surface area contributed by atoms with E-state index in [9.17, 15) is 14.7 Å². The number of anilines is 1. The lowest BCUT2D eigenvalue weighted by atomic mass is 9.78. The van der Waals surface area contributed by atoms with Gasteiger partial charge in [-0.05, 0) is 24.5 Å². The summed E-state index contributed by atoms with van der Waals surface area (Å²) in [5, 5.41) is 12.4. The highest BCUT2D eigenvalue weighted by atomic mass is 16.5. The fourth-order valence-electron chi connectivity index (χ4n) is 4.00. The lowest BCUT2D eigenvalue weighted by Gasteiger charge is -2.24. The van der Waals surface area contributed by atoms with Gasteiger partial charge in [0, 0.05) is 11.3 Å². The number of carbonyl (C=O) groups is 2. The van der Waals surface area contributed by atoms with E-state index in [1.54, 1.807) is 0 Å². The number of hydrogen-bond acceptors (Lipinski definition) is 3. The van der Waals surface area contributed by atoms with Crippen LogP contribution in [0.15, 0.2) is 54.6 Å². The van der Waals surface area contributed by atoms with Gasteiger partial charge in [-0.1, -0.05) is 48.5 Å². The number of para-hydroxylation sites is 1. The molecule has 0 unspecified atom stereocenters. The molecule has 5 nitrogen and oxygen atoms in total. The largest absolute Gasteiger partial charge is 0.481 e. The highest BCUT2D eigenvalue weighted by Crippen LogP contribution is 2.44. The zero-order valence-electron chi connectivity index (χ0n) is 13.6. The van der Waals surface area contributed by atoms with E-state index in [-0.39, 0.29) is 18.1 Å². The van der Waals surface area contributed by atoms with Crippen LogP contribution in [0.3, 0.4) is 0 Å². The van der Waals surface area contributed by atoms with Crippen molar-refractivity contribution < 1.29 is 19.4 Å². The fraction of sp³-hybridized carbons (Fsp3) is 0.300. The maximum absolute atomic E-state index is 12.8. The molecule has 2 aliphatic heterocycles. The Hall–Kier alpha value is -2.66. The van der Waals surface area contributed by atoms with Gasteiger partial charge >= 0.3 is 5.97 Å². The predicted molar refractivity (Wildman–Crippen MR) is 93.0 cm³/mol. The Morgan fingerprint density at radius 3 is 2.28 bits per heavy atom. The molecule has 2 heterocycles. The average Bonchev–Trinajstić information content (AvgIpc) is 3.24. The van der Waals surface area contributed by atoms with Crippen molar-refractivity contribution in [2.45, 2.75) is 25.0 Å². The van der Waals surface area contributed by atoms with Gasteiger partial charge in [0.25, 0.3) is 0 Å². The minimum Gasteiger partial charge on any atom is -0.481 e. The Labute approximate surface area is 145 Å². The van der Waals surface area contributed by atoms with E-state index in [1.165, 1.54) is 0 Å². The summed E-state index contributed by atoms with van der Waals surface area (Å²) in [7, 11) is 0. The minimum atomic E-state index is -0.955. The normalized spacial score (nSPS) is 27.2. The molecule has 2 aromatic carbocycles. The maximum Gasteiger partial charge on any atom is 0.310 e. The first-order valence-corrected chi connectivity index (χ1v) is 8.49. The van der Waals surface area contributed by atoms with Gasteiger partial charge in [-0.3, -0.25) is 9.59 Å². The van der Waals surface area contributed by atoms with E-state index in [4.69, 9.17) is 4.74 Å². The summed E-state index contributed by atoms with van der Waals surface area (Å²) in [6.07, 6.45) is 0.816. The smallest absolute Gasteiger partial charge is 0.310 e. The Bertz CT molecular complexity index is 804. The molecular weight excluding hydrogens is 318 g/mol. The number of nitrogens with one attached hydrogen (secondary N) is 1.